The van der Waals surface area contributed by atoms with Gasteiger partial charge in [0, 0.05) is 22.9 Å². The molecule has 7 heteroatoms. The first-order valence-electron chi connectivity index (χ1n) is 5.35. The Labute approximate surface area is 107 Å². The summed E-state index contributed by atoms with van der Waals surface area (Å²) in [5.74, 6) is 3.75. The van der Waals surface area contributed by atoms with E-state index in [1.165, 1.54) is 11.3 Å². The first-order chi connectivity index (χ1) is 8.38. The van der Waals surface area contributed by atoms with E-state index in [1.807, 2.05) is 24.2 Å². The van der Waals surface area contributed by atoms with Gasteiger partial charge >= 0.3 is 0 Å². The number of likely N-dealkylation sites (N-methyl/N-ethyl adjacent to an activating group) is 1. The molecule has 1 aliphatic heterocycles. The zero-order valence-electron chi connectivity index (χ0n) is 9.29. The first-order valence-corrected chi connectivity index (χ1v) is 7.45. The van der Waals surface area contributed by atoms with E-state index in [0.29, 0.717) is 17.8 Å². The van der Waals surface area contributed by atoms with Gasteiger partial charge in [-0.15, -0.1) is 11.3 Å². The Hall–Kier alpha value is -0.920. The van der Waals surface area contributed by atoms with Crippen molar-refractivity contribution >= 4 is 23.1 Å². The van der Waals surface area contributed by atoms with Gasteiger partial charge in [0.25, 0.3) is 0 Å². The molecule has 0 saturated carbocycles. The number of rotatable bonds is 3. The molecule has 90 valence electrons. The molecule has 2 aromatic rings. The number of hydrogen-bond donors (Lipinski definition) is 1. The van der Waals surface area contributed by atoms with E-state index >= 15 is 0 Å². The van der Waals surface area contributed by atoms with Gasteiger partial charge in [-0.3, -0.25) is 0 Å². The zero-order chi connectivity index (χ0) is 11.7. The molecule has 0 spiro atoms. The monoisotopic (exact) mass is 268 g/mol. The van der Waals surface area contributed by atoms with Crippen LogP contribution in [0.4, 0.5) is 0 Å². The minimum absolute atomic E-state index is 0.310. The van der Waals surface area contributed by atoms with Crippen molar-refractivity contribution in [2.75, 3.05) is 18.6 Å². The van der Waals surface area contributed by atoms with Crippen LogP contribution in [-0.2, 0) is 0 Å². The van der Waals surface area contributed by atoms with Crippen LogP contribution >= 0.6 is 23.1 Å². The predicted molar refractivity (Wildman–Crippen MR) is 68.3 cm³/mol. The van der Waals surface area contributed by atoms with Crippen molar-refractivity contribution in [2.45, 2.75) is 12.0 Å². The van der Waals surface area contributed by atoms with Crippen LogP contribution in [-0.4, -0.2) is 39.7 Å². The van der Waals surface area contributed by atoms with E-state index in [9.17, 15) is 0 Å². The number of hydrogen-bond acceptors (Lipinski definition) is 7. The normalized spacial score (nSPS) is 24.3. The van der Waals surface area contributed by atoms with Gasteiger partial charge in [0.1, 0.15) is 5.69 Å². The molecule has 0 aromatic carbocycles. The lowest BCUT2D eigenvalue weighted by Crippen LogP contribution is -2.31. The largest absolute Gasteiger partial charge is 0.339 e. The van der Waals surface area contributed by atoms with E-state index in [4.69, 9.17) is 4.52 Å². The first kappa shape index (κ1) is 11.2. The second-order valence-electron chi connectivity index (χ2n) is 3.87. The Kier molecular flexibility index (Phi) is 3.13. The maximum Gasteiger partial charge on any atom is 0.232 e. The van der Waals surface area contributed by atoms with Gasteiger partial charge < -0.3 is 9.84 Å². The highest BCUT2D eigenvalue weighted by Gasteiger charge is 2.32. The van der Waals surface area contributed by atoms with Crippen molar-refractivity contribution in [3.8, 4) is 11.5 Å². The van der Waals surface area contributed by atoms with Gasteiger partial charge in [-0.25, -0.2) is 4.98 Å². The maximum atomic E-state index is 5.35. The topological polar surface area (TPSA) is 63.8 Å². The van der Waals surface area contributed by atoms with Crippen molar-refractivity contribution in [1.29, 1.82) is 0 Å². The van der Waals surface area contributed by atoms with Gasteiger partial charge in [-0.2, -0.15) is 16.7 Å². The standard InChI is InChI=1S/C10H12N4OS2/c1-11-7-3-16-2-6(7)10-13-9(14-15-10)8-4-17-5-12-8/h4-7,11H,2-3H2,1H3. The number of nitrogens with one attached hydrogen (secondary N) is 1. The van der Waals surface area contributed by atoms with Gasteiger partial charge in [0.15, 0.2) is 0 Å². The molecule has 0 radical (unpaired) electrons. The molecular weight excluding hydrogens is 256 g/mol. The van der Waals surface area contributed by atoms with E-state index < -0.39 is 0 Å². The maximum absolute atomic E-state index is 5.35. The summed E-state index contributed by atoms with van der Waals surface area (Å²) in [4.78, 5) is 8.62. The SMILES string of the molecule is CNC1CSCC1c1nc(-c2cscn2)no1. The van der Waals surface area contributed by atoms with Gasteiger partial charge in [-0.1, -0.05) is 5.16 Å². The molecule has 1 aliphatic rings. The van der Waals surface area contributed by atoms with Gasteiger partial charge in [0.2, 0.25) is 11.7 Å². The molecule has 1 fully saturated rings. The molecule has 3 heterocycles. The Morgan fingerprint density at radius 3 is 3.18 bits per heavy atom. The van der Waals surface area contributed by atoms with Crippen LogP contribution in [0.3, 0.4) is 0 Å². The molecule has 0 amide bonds. The van der Waals surface area contributed by atoms with Crippen LogP contribution < -0.4 is 5.32 Å². The highest BCUT2D eigenvalue weighted by molar-refractivity contribution is 7.99. The molecule has 0 aliphatic carbocycles. The zero-order valence-corrected chi connectivity index (χ0v) is 10.9. The summed E-state index contributed by atoms with van der Waals surface area (Å²) in [6, 6.07) is 0.420. The Morgan fingerprint density at radius 1 is 1.47 bits per heavy atom. The lowest BCUT2D eigenvalue weighted by molar-refractivity contribution is 0.344. The molecule has 1 saturated heterocycles. The van der Waals surface area contributed by atoms with E-state index in [1.54, 1.807) is 5.51 Å². The fraction of sp³-hybridized carbons (Fsp3) is 0.500. The average molecular weight is 268 g/mol. The quantitative estimate of drug-likeness (QED) is 0.912. The summed E-state index contributed by atoms with van der Waals surface area (Å²) < 4.78 is 5.35. The third-order valence-corrected chi connectivity index (χ3v) is 4.65. The lowest BCUT2D eigenvalue weighted by atomic mass is 10.0. The van der Waals surface area contributed by atoms with Crippen LogP contribution in [0, 0.1) is 0 Å². The second-order valence-corrected chi connectivity index (χ2v) is 5.66. The highest BCUT2D eigenvalue weighted by Crippen LogP contribution is 2.32. The second kappa shape index (κ2) is 4.75. The Bertz CT molecular complexity index is 484. The molecule has 1 N–H and O–H groups in total. The number of nitrogens with zero attached hydrogens (tertiary/aromatic N) is 3. The molecule has 2 aromatic heterocycles. The smallest absolute Gasteiger partial charge is 0.232 e. The molecular formula is C10H12N4OS2. The van der Waals surface area contributed by atoms with Crippen LogP contribution in [0.5, 0.6) is 0 Å². The molecule has 2 atom stereocenters. The third kappa shape index (κ3) is 2.10. The Morgan fingerprint density at radius 2 is 2.41 bits per heavy atom. The lowest BCUT2D eigenvalue weighted by Gasteiger charge is -2.13. The van der Waals surface area contributed by atoms with E-state index in [2.05, 4.69) is 20.4 Å². The molecule has 5 nitrogen and oxygen atoms in total. The fourth-order valence-corrected chi connectivity index (χ4v) is 3.84. The summed E-state index contributed by atoms with van der Waals surface area (Å²) in [5, 5.41) is 9.21. The van der Waals surface area contributed by atoms with Crippen molar-refractivity contribution < 1.29 is 4.52 Å². The van der Waals surface area contributed by atoms with Crippen molar-refractivity contribution in [3.63, 3.8) is 0 Å². The van der Waals surface area contributed by atoms with Gasteiger partial charge in [0.05, 0.1) is 11.4 Å². The molecule has 17 heavy (non-hydrogen) atoms. The highest BCUT2D eigenvalue weighted by atomic mass is 32.2. The third-order valence-electron chi connectivity index (χ3n) is 2.87. The summed E-state index contributed by atoms with van der Waals surface area (Å²) in [6.45, 7) is 0. The van der Waals surface area contributed by atoms with Crippen molar-refractivity contribution in [1.82, 2.24) is 20.4 Å². The molecule has 0 bridgehead atoms. The fourth-order valence-electron chi connectivity index (χ4n) is 1.90. The summed E-state index contributed by atoms with van der Waals surface area (Å²) >= 11 is 3.44. The predicted octanol–water partition coefficient (Wildman–Crippen LogP) is 1.61. The number of thiazole rings is 1. The minimum atomic E-state index is 0.310. The van der Waals surface area contributed by atoms with Crippen LogP contribution in [0.2, 0.25) is 0 Å². The van der Waals surface area contributed by atoms with Crippen LogP contribution in [0.15, 0.2) is 15.4 Å². The number of thioether (sulfide) groups is 1. The van der Waals surface area contributed by atoms with E-state index in [-0.39, 0.29) is 0 Å². The summed E-state index contributed by atoms with van der Waals surface area (Å²) in [7, 11) is 1.97. The number of aromatic nitrogens is 3. The van der Waals surface area contributed by atoms with Crippen LogP contribution in [0.25, 0.3) is 11.5 Å². The minimum Gasteiger partial charge on any atom is -0.339 e. The van der Waals surface area contributed by atoms with Crippen LogP contribution in [0.1, 0.15) is 11.8 Å². The molecule has 3 rings (SSSR count). The van der Waals surface area contributed by atoms with Crippen molar-refractivity contribution in [3.05, 3.63) is 16.8 Å². The Balaban J connectivity index is 1.85. The molecule has 2 unspecified atom stereocenters. The van der Waals surface area contributed by atoms with Gasteiger partial charge in [-0.05, 0) is 7.05 Å². The average Bonchev–Trinajstić information content (AvgIpc) is 3.09. The van der Waals surface area contributed by atoms with E-state index in [0.717, 1.165) is 23.1 Å². The van der Waals surface area contributed by atoms with Crippen molar-refractivity contribution in [2.24, 2.45) is 0 Å². The summed E-state index contributed by atoms with van der Waals surface area (Å²) in [5.41, 5.74) is 2.56. The summed E-state index contributed by atoms with van der Waals surface area (Å²) in [6.07, 6.45) is 0.